The summed E-state index contributed by atoms with van der Waals surface area (Å²) < 4.78 is 79.9. The van der Waals surface area contributed by atoms with Crippen LogP contribution in [0, 0.1) is 0 Å². The molecule has 146 valence electrons. The quantitative estimate of drug-likeness (QED) is 0.588. The van der Waals surface area contributed by atoms with Crippen LogP contribution in [0.5, 0.6) is 5.75 Å². The molecule has 10 heteroatoms. The number of fused-ring (bicyclic) bond motifs is 1. The number of halogens is 6. The molecule has 0 radical (unpaired) electrons. The van der Waals surface area contributed by atoms with Gasteiger partial charge < -0.3 is 9.84 Å². The van der Waals surface area contributed by atoms with E-state index in [1.165, 1.54) is 0 Å². The molecule has 1 heterocycles. The lowest BCUT2D eigenvalue weighted by molar-refractivity contribution is -0.274. The van der Waals surface area contributed by atoms with Crippen molar-refractivity contribution >= 4 is 16.9 Å². The summed E-state index contributed by atoms with van der Waals surface area (Å²) in [5.74, 6) is -1.99. The van der Waals surface area contributed by atoms with Crippen molar-refractivity contribution < 1.29 is 41.0 Å². The second kappa shape index (κ2) is 6.70. The molecule has 28 heavy (non-hydrogen) atoms. The van der Waals surface area contributed by atoms with Crippen LogP contribution in [0.1, 0.15) is 15.9 Å². The highest BCUT2D eigenvalue weighted by Gasteiger charge is 2.32. The normalized spacial score (nSPS) is 12.2. The first-order valence-corrected chi connectivity index (χ1v) is 7.54. The van der Waals surface area contributed by atoms with Crippen LogP contribution >= 0.6 is 0 Å². The van der Waals surface area contributed by atoms with Crippen molar-refractivity contribution in [2.45, 2.75) is 12.5 Å². The fourth-order valence-corrected chi connectivity index (χ4v) is 2.59. The summed E-state index contributed by atoms with van der Waals surface area (Å²) in [5, 5.41) is 9.06. The Bertz CT molecular complexity index is 1040. The predicted octanol–water partition coefficient (Wildman–Crippen LogP) is 5.52. The minimum Gasteiger partial charge on any atom is -0.478 e. The Kier molecular flexibility index (Phi) is 4.66. The molecule has 0 bridgehead atoms. The lowest BCUT2D eigenvalue weighted by atomic mass is 9.99. The Balaban J connectivity index is 2.20. The van der Waals surface area contributed by atoms with Gasteiger partial charge in [-0.15, -0.1) is 13.2 Å². The van der Waals surface area contributed by atoms with Crippen molar-refractivity contribution in [3.05, 3.63) is 59.8 Å². The molecule has 0 fully saturated rings. The molecule has 0 amide bonds. The number of benzene rings is 2. The van der Waals surface area contributed by atoms with E-state index < -0.39 is 29.8 Å². The van der Waals surface area contributed by atoms with E-state index in [0.717, 1.165) is 48.7 Å². The number of pyridine rings is 1. The third kappa shape index (κ3) is 4.16. The van der Waals surface area contributed by atoms with Crippen molar-refractivity contribution in [2.75, 3.05) is 0 Å². The number of nitrogens with zero attached hydrogens (tertiary/aromatic N) is 1. The number of ether oxygens (including phenoxy) is 1. The Hall–Kier alpha value is -3.30. The van der Waals surface area contributed by atoms with E-state index in [9.17, 15) is 31.1 Å². The zero-order valence-electron chi connectivity index (χ0n) is 13.6. The van der Waals surface area contributed by atoms with Gasteiger partial charge in [-0.05, 0) is 35.9 Å². The van der Waals surface area contributed by atoms with Gasteiger partial charge in [-0.2, -0.15) is 13.2 Å². The second-order valence-corrected chi connectivity index (χ2v) is 5.69. The second-order valence-electron chi connectivity index (χ2n) is 5.69. The number of hydrogen-bond donors (Lipinski definition) is 1. The minimum atomic E-state index is -5.01. The highest BCUT2D eigenvalue weighted by Crippen LogP contribution is 2.36. The predicted molar refractivity (Wildman–Crippen MR) is 85.8 cm³/mol. The SMILES string of the molecule is O=C(O)c1cnc2c(-c3ccc(C(F)(F)F)cc3)cc(OC(F)(F)F)cc2c1. The van der Waals surface area contributed by atoms with Gasteiger partial charge in [0.25, 0.3) is 0 Å². The third-order valence-electron chi connectivity index (χ3n) is 3.76. The molecule has 3 aromatic rings. The van der Waals surface area contributed by atoms with E-state index in [-0.39, 0.29) is 27.6 Å². The summed E-state index contributed by atoms with van der Waals surface area (Å²) in [4.78, 5) is 15.0. The van der Waals surface area contributed by atoms with Crippen LogP contribution in [-0.2, 0) is 6.18 Å². The number of aromatic carboxylic acids is 1. The van der Waals surface area contributed by atoms with Gasteiger partial charge in [0, 0.05) is 17.1 Å². The van der Waals surface area contributed by atoms with E-state index in [2.05, 4.69) is 9.72 Å². The molecule has 1 aromatic heterocycles. The first kappa shape index (κ1) is 19.5. The van der Waals surface area contributed by atoms with Gasteiger partial charge in [0.05, 0.1) is 16.6 Å². The molecular formula is C18H9F6NO3. The zero-order chi connectivity index (χ0) is 20.7. The van der Waals surface area contributed by atoms with Crippen molar-refractivity contribution in [1.29, 1.82) is 0 Å². The fraction of sp³-hybridized carbons (Fsp3) is 0.111. The Morgan fingerprint density at radius 2 is 1.61 bits per heavy atom. The largest absolute Gasteiger partial charge is 0.573 e. The summed E-state index contributed by atoms with van der Waals surface area (Å²) in [5.41, 5.74) is -0.873. The van der Waals surface area contributed by atoms with E-state index in [0.29, 0.717) is 0 Å². The highest BCUT2D eigenvalue weighted by atomic mass is 19.4. The molecule has 3 rings (SSSR count). The summed E-state index contributed by atoms with van der Waals surface area (Å²) in [6.07, 6.45) is -8.58. The smallest absolute Gasteiger partial charge is 0.478 e. The van der Waals surface area contributed by atoms with Gasteiger partial charge in [-0.1, -0.05) is 12.1 Å². The average Bonchev–Trinajstić information content (AvgIpc) is 2.58. The van der Waals surface area contributed by atoms with Gasteiger partial charge in [0.1, 0.15) is 5.75 Å². The van der Waals surface area contributed by atoms with Crippen LogP contribution in [0.3, 0.4) is 0 Å². The minimum absolute atomic E-state index is 0.0246. The van der Waals surface area contributed by atoms with Crippen LogP contribution in [0.4, 0.5) is 26.3 Å². The molecular weight excluding hydrogens is 392 g/mol. The van der Waals surface area contributed by atoms with Crippen LogP contribution in [-0.4, -0.2) is 22.4 Å². The molecule has 0 unspecified atom stereocenters. The Labute approximate surface area is 153 Å². The Morgan fingerprint density at radius 1 is 0.964 bits per heavy atom. The maximum absolute atomic E-state index is 12.7. The monoisotopic (exact) mass is 401 g/mol. The lowest BCUT2D eigenvalue weighted by Crippen LogP contribution is -2.17. The van der Waals surface area contributed by atoms with Crippen molar-refractivity contribution in [1.82, 2.24) is 4.98 Å². The molecule has 0 aliphatic heterocycles. The number of carboxylic acids is 1. The number of hydrogen-bond acceptors (Lipinski definition) is 3. The highest BCUT2D eigenvalue weighted by molar-refractivity contribution is 5.99. The standard InChI is InChI=1S/C18H9F6NO3/c19-17(20,21)12-3-1-9(2-4-12)14-7-13(28-18(22,23)24)6-10-5-11(16(26)27)8-25-15(10)14/h1-8H,(H,26,27). The van der Waals surface area contributed by atoms with Gasteiger partial charge in [-0.3, -0.25) is 4.98 Å². The van der Waals surface area contributed by atoms with Crippen molar-refractivity contribution in [3.8, 4) is 16.9 Å². The van der Waals surface area contributed by atoms with Crippen LogP contribution in [0.15, 0.2) is 48.7 Å². The summed E-state index contributed by atoms with van der Waals surface area (Å²) in [7, 11) is 0. The number of rotatable bonds is 3. The van der Waals surface area contributed by atoms with Crippen LogP contribution in [0.2, 0.25) is 0 Å². The summed E-state index contributed by atoms with van der Waals surface area (Å²) in [6.45, 7) is 0. The maximum Gasteiger partial charge on any atom is 0.573 e. The average molecular weight is 401 g/mol. The van der Waals surface area contributed by atoms with Gasteiger partial charge >= 0.3 is 18.5 Å². The number of alkyl halides is 6. The molecule has 0 spiro atoms. The van der Waals surface area contributed by atoms with Gasteiger partial charge in [-0.25, -0.2) is 4.79 Å². The molecule has 1 N–H and O–H groups in total. The number of aromatic nitrogens is 1. The first-order valence-electron chi connectivity index (χ1n) is 7.54. The Morgan fingerprint density at radius 3 is 2.14 bits per heavy atom. The molecule has 0 saturated carbocycles. The van der Waals surface area contributed by atoms with E-state index in [1.54, 1.807) is 0 Å². The van der Waals surface area contributed by atoms with Crippen molar-refractivity contribution in [2.24, 2.45) is 0 Å². The third-order valence-corrected chi connectivity index (χ3v) is 3.76. The zero-order valence-corrected chi connectivity index (χ0v) is 13.6. The van der Waals surface area contributed by atoms with Crippen molar-refractivity contribution in [3.63, 3.8) is 0 Å². The first-order chi connectivity index (χ1) is 12.9. The van der Waals surface area contributed by atoms with Gasteiger partial charge in [0.2, 0.25) is 0 Å². The lowest BCUT2D eigenvalue weighted by Gasteiger charge is -2.14. The number of carboxylic acid groups (broad SMARTS) is 1. The number of carbonyl (C=O) groups is 1. The molecule has 0 aliphatic rings. The molecule has 0 atom stereocenters. The topological polar surface area (TPSA) is 59.4 Å². The van der Waals surface area contributed by atoms with E-state index in [1.807, 2.05) is 0 Å². The molecule has 0 saturated heterocycles. The van der Waals surface area contributed by atoms with Gasteiger partial charge in [0.15, 0.2) is 0 Å². The molecule has 0 aliphatic carbocycles. The summed E-state index contributed by atoms with van der Waals surface area (Å²) in [6, 6.07) is 6.76. The van der Waals surface area contributed by atoms with Crippen LogP contribution in [0.25, 0.3) is 22.0 Å². The fourth-order valence-electron chi connectivity index (χ4n) is 2.59. The maximum atomic E-state index is 12.7. The summed E-state index contributed by atoms with van der Waals surface area (Å²) >= 11 is 0. The molecule has 2 aromatic carbocycles. The molecule has 4 nitrogen and oxygen atoms in total. The van der Waals surface area contributed by atoms with Crippen LogP contribution < -0.4 is 4.74 Å². The van der Waals surface area contributed by atoms with E-state index in [4.69, 9.17) is 5.11 Å². The van der Waals surface area contributed by atoms with E-state index >= 15 is 0 Å².